The van der Waals surface area contributed by atoms with Crippen LogP contribution >= 0.6 is 23.2 Å². The van der Waals surface area contributed by atoms with Gasteiger partial charge in [-0.1, -0.05) is 65.7 Å². The lowest BCUT2D eigenvalue weighted by molar-refractivity contribution is -0.352. The van der Waals surface area contributed by atoms with Crippen LogP contribution in [0.4, 0.5) is 11.4 Å². The molecule has 0 aliphatic heterocycles. The van der Waals surface area contributed by atoms with Crippen LogP contribution in [0.15, 0.2) is 78.9 Å². The van der Waals surface area contributed by atoms with Gasteiger partial charge in [-0.3, -0.25) is 0 Å². The lowest BCUT2D eigenvalue weighted by atomic mass is 10.2. The maximum absolute atomic E-state index is 6.26. The Kier molecular flexibility index (Phi) is 4.96. The molecule has 3 rings (SSSR count). The Labute approximate surface area is 145 Å². The van der Waals surface area contributed by atoms with Crippen LogP contribution in [0.2, 0.25) is 10.0 Å². The summed E-state index contributed by atoms with van der Waals surface area (Å²) in [5.74, 6) is 0.812. The predicted octanol–water partition coefficient (Wildman–Crippen LogP) is 4.26. The Bertz CT molecular complexity index is 830. The summed E-state index contributed by atoms with van der Waals surface area (Å²) in [6, 6.07) is 25.2. The van der Waals surface area contributed by atoms with E-state index in [4.69, 9.17) is 23.2 Å². The van der Waals surface area contributed by atoms with Crippen molar-refractivity contribution < 1.29 is 4.99 Å². The number of benzene rings is 3. The maximum Gasteiger partial charge on any atom is 0.285 e. The van der Waals surface area contributed by atoms with Crippen molar-refractivity contribution in [2.75, 3.05) is 5.32 Å². The Balaban J connectivity index is 2.05. The molecule has 0 amide bonds. The Morgan fingerprint density at radius 2 is 1.30 bits per heavy atom. The molecule has 114 valence electrons. The number of para-hydroxylation sites is 2. The van der Waals surface area contributed by atoms with Gasteiger partial charge in [0.1, 0.15) is 11.4 Å². The molecule has 2 nitrogen and oxygen atoms in total. The van der Waals surface area contributed by atoms with Gasteiger partial charge in [0.2, 0.25) is 0 Å². The zero-order chi connectivity index (χ0) is 16.1. The van der Waals surface area contributed by atoms with Crippen LogP contribution in [0, 0.1) is 0 Å². The quantitative estimate of drug-likeness (QED) is 0.540. The van der Waals surface area contributed by atoms with E-state index in [9.17, 15) is 0 Å². The fraction of sp³-hybridized carbons (Fsp3) is 0. The zero-order valence-corrected chi connectivity index (χ0v) is 13.8. The van der Waals surface area contributed by atoms with Gasteiger partial charge in [0, 0.05) is 0 Å². The minimum Gasteiger partial charge on any atom is -0.239 e. The third-order valence-corrected chi connectivity index (χ3v) is 3.99. The van der Waals surface area contributed by atoms with Gasteiger partial charge in [-0.2, -0.15) is 0 Å². The van der Waals surface area contributed by atoms with E-state index in [2.05, 4.69) is 10.3 Å². The monoisotopic (exact) mass is 341 g/mol. The van der Waals surface area contributed by atoms with Gasteiger partial charge in [0.05, 0.1) is 15.6 Å². The molecule has 0 unspecified atom stereocenters. The summed E-state index contributed by atoms with van der Waals surface area (Å²) in [5, 5.41) is 4.66. The average Bonchev–Trinajstić information content (AvgIpc) is 2.59. The predicted molar refractivity (Wildman–Crippen MR) is 97.7 cm³/mol. The third-order valence-electron chi connectivity index (χ3n) is 3.33. The number of hydrogen-bond donors (Lipinski definition) is 2. The highest BCUT2D eigenvalue weighted by atomic mass is 35.5. The molecule has 0 aromatic heterocycles. The van der Waals surface area contributed by atoms with Crippen molar-refractivity contribution in [1.29, 1.82) is 0 Å². The number of amidine groups is 1. The second-order valence-electron chi connectivity index (χ2n) is 4.95. The van der Waals surface area contributed by atoms with Crippen LogP contribution in [0.5, 0.6) is 0 Å². The van der Waals surface area contributed by atoms with Gasteiger partial charge >= 0.3 is 0 Å². The number of anilines is 1. The van der Waals surface area contributed by atoms with Crippen LogP contribution in [0.1, 0.15) is 5.56 Å². The summed E-state index contributed by atoms with van der Waals surface area (Å²) in [6.07, 6.45) is 0. The zero-order valence-electron chi connectivity index (χ0n) is 12.3. The van der Waals surface area contributed by atoms with E-state index in [0.29, 0.717) is 10.0 Å². The van der Waals surface area contributed by atoms with Gasteiger partial charge in [0.15, 0.2) is 0 Å². The molecule has 0 aliphatic rings. The summed E-state index contributed by atoms with van der Waals surface area (Å²) in [5.41, 5.74) is 2.66. The highest BCUT2D eigenvalue weighted by Crippen LogP contribution is 2.21. The first-order chi connectivity index (χ1) is 11.2. The molecule has 0 atom stereocenters. The lowest BCUT2D eigenvalue weighted by Crippen LogP contribution is -2.69. The van der Waals surface area contributed by atoms with Crippen LogP contribution in [0.25, 0.3) is 0 Å². The van der Waals surface area contributed by atoms with Gasteiger partial charge in [0.25, 0.3) is 5.84 Å². The second kappa shape index (κ2) is 7.32. The van der Waals surface area contributed by atoms with Crippen molar-refractivity contribution in [3.05, 3.63) is 94.5 Å². The topological polar surface area (TPSA) is 26.0 Å². The molecule has 2 N–H and O–H groups in total. The van der Waals surface area contributed by atoms with E-state index in [-0.39, 0.29) is 0 Å². The molecule has 0 spiro atoms. The fourth-order valence-corrected chi connectivity index (χ4v) is 2.54. The summed E-state index contributed by atoms with van der Waals surface area (Å²) >= 11 is 12.5. The van der Waals surface area contributed by atoms with Crippen LogP contribution in [-0.2, 0) is 0 Å². The van der Waals surface area contributed by atoms with Crippen molar-refractivity contribution in [2.45, 2.75) is 0 Å². The van der Waals surface area contributed by atoms with Gasteiger partial charge in [-0.15, -0.1) is 0 Å². The first-order valence-corrected chi connectivity index (χ1v) is 7.95. The molecular formula is C19H15Cl2N2+. The van der Waals surface area contributed by atoms with Crippen LogP contribution in [-0.4, -0.2) is 5.84 Å². The van der Waals surface area contributed by atoms with Crippen molar-refractivity contribution in [3.8, 4) is 0 Å². The molecular weight excluding hydrogens is 327 g/mol. The van der Waals surface area contributed by atoms with Gasteiger partial charge in [-0.05, 0) is 36.4 Å². The first-order valence-electron chi connectivity index (χ1n) is 7.19. The summed E-state index contributed by atoms with van der Waals surface area (Å²) in [7, 11) is 0. The van der Waals surface area contributed by atoms with E-state index >= 15 is 0 Å². The molecule has 3 aromatic rings. The smallest absolute Gasteiger partial charge is 0.239 e. The highest BCUT2D eigenvalue weighted by Gasteiger charge is 2.14. The number of hydrogen-bond acceptors (Lipinski definition) is 0. The minimum atomic E-state index is 0.655. The van der Waals surface area contributed by atoms with Crippen molar-refractivity contribution in [2.24, 2.45) is 0 Å². The minimum absolute atomic E-state index is 0.655. The molecule has 3 aromatic carbocycles. The summed E-state index contributed by atoms with van der Waals surface area (Å²) < 4.78 is 0. The van der Waals surface area contributed by atoms with E-state index in [1.165, 1.54) is 0 Å². The van der Waals surface area contributed by atoms with E-state index < -0.39 is 0 Å². The molecule has 0 radical (unpaired) electrons. The van der Waals surface area contributed by atoms with E-state index in [1.54, 1.807) is 0 Å². The molecule has 23 heavy (non-hydrogen) atoms. The fourth-order valence-electron chi connectivity index (χ4n) is 2.17. The van der Waals surface area contributed by atoms with Gasteiger partial charge in [-0.25, -0.2) is 10.3 Å². The van der Waals surface area contributed by atoms with Crippen molar-refractivity contribution >= 4 is 40.4 Å². The van der Waals surface area contributed by atoms with Crippen molar-refractivity contribution in [1.82, 2.24) is 0 Å². The van der Waals surface area contributed by atoms with E-state index in [1.807, 2.05) is 78.9 Å². The largest absolute Gasteiger partial charge is 0.285 e. The SMILES string of the molecule is Clc1ccccc1NC(=[NH+]c1ccccc1Cl)c1ccccc1. The van der Waals surface area contributed by atoms with Crippen LogP contribution < -0.4 is 10.3 Å². The molecule has 0 saturated heterocycles. The summed E-state index contributed by atoms with van der Waals surface area (Å²) in [6.45, 7) is 0. The van der Waals surface area contributed by atoms with Gasteiger partial charge < -0.3 is 0 Å². The Morgan fingerprint density at radius 3 is 2.00 bits per heavy atom. The molecule has 0 saturated carbocycles. The molecule has 0 fully saturated rings. The second-order valence-corrected chi connectivity index (χ2v) is 5.77. The normalized spacial score (nSPS) is 11.3. The summed E-state index contributed by atoms with van der Waals surface area (Å²) in [4.78, 5) is 3.35. The van der Waals surface area contributed by atoms with Crippen molar-refractivity contribution in [3.63, 3.8) is 0 Å². The first kappa shape index (κ1) is 15.6. The number of nitrogens with one attached hydrogen (secondary N) is 2. The molecule has 4 heteroatoms. The highest BCUT2D eigenvalue weighted by molar-refractivity contribution is 6.34. The number of halogens is 2. The lowest BCUT2D eigenvalue weighted by Gasteiger charge is -2.06. The third kappa shape index (κ3) is 3.92. The number of rotatable bonds is 3. The Morgan fingerprint density at radius 1 is 0.696 bits per heavy atom. The maximum atomic E-state index is 6.26. The van der Waals surface area contributed by atoms with Crippen LogP contribution in [0.3, 0.4) is 0 Å². The molecule has 0 bridgehead atoms. The average molecular weight is 342 g/mol. The molecule has 0 aliphatic carbocycles. The van der Waals surface area contributed by atoms with E-state index in [0.717, 1.165) is 22.8 Å². The Hall–Kier alpha value is -2.29. The standard InChI is InChI=1S/C19H14Cl2N2/c20-15-10-4-6-12-17(15)22-19(14-8-2-1-3-9-14)23-18-13-7-5-11-16(18)21/h1-13H,(H,22,23)/p+1. The molecule has 0 heterocycles.